The average Bonchev–Trinajstić information content (AvgIpc) is 2.72. The van der Waals surface area contributed by atoms with E-state index in [1.807, 2.05) is 44.2 Å². The highest BCUT2D eigenvalue weighted by Gasteiger charge is 2.20. The van der Waals surface area contributed by atoms with Crippen molar-refractivity contribution < 1.29 is 22.7 Å². The summed E-state index contributed by atoms with van der Waals surface area (Å²) in [6, 6.07) is 13.0. The molecule has 0 saturated heterocycles. The number of halogens is 1. The molecule has 0 heterocycles. The van der Waals surface area contributed by atoms with Gasteiger partial charge in [-0.1, -0.05) is 41.9 Å². The number of rotatable bonds is 12. The first-order valence-corrected chi connectivity index (χ1v) is 11.9. The maximum Gasteiger partial charge on any atom is 0.257 e. The molecule has 31 heavy (non-hydrogen) atoms. The maximum atomic E-state index is 12.7. The Hall–Kier alpha value is -2.13. The molecule has 2 rings (SSSR count). The minimum atomic E-state index is -3.78. The molecular formula is C22H29ClN2O5S. The summed E-state index contributed by atoms with van der Waals surface area (Å²) < 4.78 is 38.8. The first kappa shape index (κ1) is 25.1. The highest BCUT2D eigenvalue weighted by Crippen LogP contribution is 2.28. The maximum absolute atomic E-state index is 12.7. The summed E-state index contributed by atoms with van der Waals surface area (Å²) in [5, 5.41) is 2.83. The van der Waals surface area contributed by atoms with E-state index >= 15 is 0 Å². The van der Waals surface area contributed by atoms with Gasteiger partial charge >= 0.3 is 0 Å². The van der Waals surface area contributed by atoms with E-state index in [4.69, 9.17) is 21.1 Å². The number of nitrogens with one attached hydrogen (secondary N) is 2. The smallest absolute Gasteiger partial charge is 0.257 e. The summed E-state index contributed by atoms with van der Waals surface area (Å²) >= 11 is 6.18. The van der Waals surface area contributed by atoms with Crippen molar-refractivity contribution in [1.29, 1.82) is 0 Å². The Kier molecular flexibility index (Phi) is 9.77. The van der Waals surface area contributed by atoms with Gasteiger partial charge in [-0.05, 0) is 51.0 Å². The van der Waals surface area contributed by atoms with Crippen LogP contribution in [0.1, 0.15) is 38.8 Å². The molecule has 170 valence electrons. The van der Waals surface area contributed by atoms with Crippen molar-refractivity contribution in [3.8, 4) is 5.75 Å². The van der Waals surface area contributed by atoms with E-state index in [0.29, 0.717) is 19.6 Å². The topological polar surface area (TPSA) is 93.7 Å². The monoisotopic (exact) mass is 468 g/mol. The van der Waals surface area contributed by atoms with Crippen molar-refractivity contribution in [1.82, 2.24) is 10.0 Å². The Bertz CT molecular complexity index is 952. The van der Waals surface area contributed by atoms with Gasteiger partial charge in [0.2, 0.25) is 10.0 Å². The van der Waals surface area contributed by atoms with Crippen molar-refractivity contribution in [3.05, 3.63) is 59.1 Å². The summed E-state index contributed by atoms with van der Waals surface area (Å²) in [6.45, 7) is 6.49. The van der Waals surface area contributed by atoms with Crippen molar-refractivity contribution in [2.45, 2.75) is 44.2 Å². The van der Waals surface area contributed by atoms with Gasteiger partial charge in [-0.3, -0.25) is 4.79 Å². The quantitative estimate of drug-likeness (QED) is 0.463. The fourth-order valence-corrected chi connectivity index (χ4v) is 4.25. The molecule has 2 N–H and O–H groups in total. The fourth-order valence-electron chi connectivity index (χ4n) is 2.69. The van der Waals surface area contributed by atoms with Gasteiger partial charge in [0, 0.05) is 19.2 Å². The van der Waals surface area contributed by atoms with Gasteiger partial charge in [0.15, 0.2) is 6.61 Å². The van der Waals surface area contributed by atoms with Crippen LogP contribution in [0, 0.1) is 0 Å². The zero-order valence-electron chi connectivity index (χ0n) is 17.9. The van der Waals surface area contributed by atoms with E-state index < -0.39 is 16.1 Å². The Morgan fingerprint density at radius 3 is 2.45 bits per heavy atom. The van der Waals surface area contributed by atoms with Crippen LogP contribution in [0.2, 0.25) is 5.02 Å². The molecule has 0 aromatic heterocycles. The second-order valence-corrected chi connectivity index (χ2v) is 9.38. The SMILES string of the molecule is CC(C)OCCCNC(=O)COc1ccc(S(=O)(=O)NC(C)c2ccccc2)cc1Cl. The number of benzene rings is 2. The van der Waals surface area contributed by atoms with Crippen molar-refractivity contribution in [3.63, 3.8) is 0 Å². The van der Waals surface area contributed by atoms with Crippen LogP contribution in [0.3, 0.4) is 0 Å². The predicted octanol–water partition coefficient (Wildman–Crippen LogP) is 3.69. The molecule has 2 aromatic carbocycles. The number of sulfonamides is 1. The first-order chi connectivity index (χ1) is 14.7. The zero-order chi connectivity index (χ0) is 22.9. The van der Waals surface area contributed by atoms with Crippen LogP contribution in [0.4, 0.5) is 0 Å². The number of amides is 1. The molecule has 0 radical (unpaired) electrons. The fraction of sp³-hybridized carbons (Fsp3) is 0.409. The van der Waals surface area contributed by atoms with Crippen LogP contribution >= 0.6 is 11.6 Å². The molecule has 0 aliphatic carbocycles. The molecule has 9 heteroatoms. The van der Waals surface area contributed by atoms with Gasteiger partial charge < -0.3 is 14.8 Å². The molecule has 0 saturated carbocycles. The summed E-state index contributed by atoms with van der Waals surface area (Å²) in [5.41, 5.74) is 0.846. The van der Waals surface area contributed by atoms with E-state index in [2.05, 4.69) is 10.0 Å². The minimum absolute atomic E-state index is 0.0160. The Balaban J connectivity index is 1.88. The van der Waals surface area contributed by atoms with E-state index in [0.717, 1.165) is 5.56 Å². The molecule has 0 bridgehead atoms. The molecule has 0 aliphatic heterocycles. The van der Waals surface area contributed by atoms with Gasteiger partial charge in [0.25, 0.3) is 5.91 Å². The van der Waals surface area contributed by atoms with Crippen LogP contribution in [0.5, 0.6) is 5.75 Å². The van der Waals surface area contributed by atoms with Crippen LogP contribution in [0.15, 0.2) is 53.4 Å². The summed E-state index contributed by atoms with van der Waals surface area (Å²) in [4.78, 5) is 11.9. The molecule has 1 atom stereocenters. The predicted molar refractivity (Wildman–Crippen MR) is 121 cm³/mol. The largest absolute Gasteiger partial charge is 0.482 e. The molecule has 1 unspecified atom stereocenters. The Morgan fingerprint density at radius 1 is 1.10 bits per heavy atom. The van der Waals surface area contributed by atoms with Gasteiger partial charge in [-0.2, -0.15) is 0 Å². The molecule has 1 amide bonds. The molecule has 0 fully saturated rings. The molecule has 2 aromatic rings. The third-order valence-corrected chi connectivity index (χ3v) is 6.13. The summed E-state index contributed by atoms with van der Waals surface area (Å²) in [5.74, 6) is -0.0642. The minimum Gasteiger partial charge on any atom is -0.482 e. The van der Waals surface area contributed by atoms with Gasteiger partial charge in [-0.25, -0.2) is 13.1 Å². The second kappa shape index (κ2) is 12.0. The average molecular weight is 469 g/mol. The number of hydrogen-bond acceptors (Lipinski definition) is 5. The Morgan fingerprint density at radius 2 is 1.81 bits per heavy atom. The standard InChI is InChI=1S/C22H29ClN2O5S/c1-16(2)29-13-7-12-24-22(26)15-30-21-11-10-19(14-20(21)23)31(27,28)25-17(3)18-8-5-4-6-9-18/h4-6,8-11,14,16-17,25H,7,12-13,15H2,1-3H3,(H,24,26). The molecule has 0 spiro atoms. The van der Waals surface area contributed by atoms with Crippen LogP contribution in [0.25, 0.3) is 0 Å². The summed E-state index contributed by atoms with van der Waals surface area (Å²) in [7, 11) is -3.78. The van der Waals surface area contributed by atoms with E-state index in [1.54, 1.807) is 6.92 Å². The van der Waals surface area contributed by atoms with Gasteiger partial charge in [0.05, 0.1) is 16.0 Å². The van der Waals surface area contributed by atoms with Crippen molar-refractivity contribution in [2.75, 3.05) is 19.8 Å². The number of carbonyl (C=O) groups is 1. The van der Waals surface area contributed by atoms with Gasteiger partial charge in [0.1, 0.15) is 5.75 Å². The normalized spacial score (nSPS) is 12.5. The number of hydrogen-bond donors (Lipinski definition) is 2. The molecule has 0 aliphatic rings. The summed E-state index contributed by atoms with van der Waals surface area (Å²) in [6.07, 6.45) is 0.857. The number of ether oxygens (including phenoxy) is 2. The van der Waals surface area contributed by atoms with Crippen molar-refractivity contribution >= 4 is 27.5 Å². The zero-order valence-corrected chi connectivity index (χ0v) is 19.5. The first-order valence-electron chi connectivity index (χ1n) is 10.1. The third-order valence-electron chi connectivity index (χ3n) is 4.30. The van der Waals surface area contributed by atoms with Crippen LogP contribution in [-0.4, -0.2) is 40.2 Å². The van der Waals surface area contributed by atoms with E-state index in [9.17, 15) is 13.2 Å². The van der Waals surface area contributed by atoms with E-state index in [1.165, 1.54) is 18.2 Å². The molecule has 7 nitrogen and oxygen atoms in total. The lowest BCUT2D eigenvalue weighted by Gasteiger charge is -2.15. The lowest BCUT2D eigenvalue weighted by atomic mass is 10.1. The van der Waals surface area contributed by atoms with Crippen molar-refractivity contribution in [2.24, 2.45) is 0 Å². The highest BCUT2D eigenvalue weighted by atomic mass is 35.5. The highest BCUT2D eigenvalue weighted by molar-refractivity contribution is 7.89. The lowest BCUT2D eigenvalue weighted by Crippen LogP contribution is -2.30. The van der Waals surface area contributed by atoms with Crippen LogP contribution in [-0.2, 0) is 19.6 Å². The van der Waals surface area contributed by atoms with Gasteiger partial charge in [-0.15, -0.1) is 0 Å². The lowest BCUT2D eigenvalue weighted by molar-refractivity contribution is -0.123. The van der Waals surface area contributed by atoms with E-state index in [-0.39, 0.29) is 34.3 Å². The third kappa shape index (κ3) is 8.49. The molecular weight excluding hydrogens is 440 g/mol. The Labute approximate surface area is 189 Å². The second-order valence-electron chi connectivity index (χ2n) is 7.26. The number of carbonyl (C=O) groups excluding carboxylic acids is 1. The van der Waals surface area contributed by atoms with Crippen LogP contribution < -0.4 is 14.8 Å².